The minimum Gasteiger partial charge on any atom is -0.0827 e. The van der Waals surface area contributed by atoms with Gasteiger partial charge in [0.05, 0.1) is 10.0 Å². The fraction of sp³-hybridized carbons (Fsp3) is 0.200. The fourth-order valence-corrected chi connectivity index (χ4v) is 2.06. The minimum absolute atomic E-state index is 0.616. The van der Waals surface area contributed by atoms with Gasteiger partial charge in [0.15, 0.2) is 0 Å². The van der Waals surface area contributed by atoms with Crippen LogP contribution in [-0.2, 0) is 12.8 Å². The number of hydrogen-bond donors (Lipinski definition) is 0. The van der Waals surface area contributed by atoms with Crippen molar-refractivity contribution in [3.05, 3.63) is 69.2 Å². The number of aryl methyl sites for hydroxylation is 3. The SMILES string of the molecule is Cc1ccc(CCc2ccc(Cl)c(Cl)c2)cc1. The lowest BCUT2D eigenvalue weighted by atomic mass is 10.0. The Kier molecular flexibility index (Phi) is 4.09. The molecule has 0 bridgehead atoms. The first-order chi connectivity index (χ1) is 8.15. The first kappa shape index (κ1) is 12.5. The van der Waals surface area contributed by atoms with Crippen molar-refractivity contribution in [3.63, 3.8) is 0 Å². The van der Waals surface area contributed by atoms with E-state index in [1.54, 1.807) is 0 Å². The van der Waals surface area contributed by atoms with Crippen LogP contribution in [0.15, 0.2) is 42.5 Å². The Morgan fingerprint density at radius 2 is 1.35 bits per heavy atom. The summed E-state index contributed by atoms with van der Waals surface area (Å²) < 4.78 is 0. The first-order valence-corrected chi connectivity index (χ1v) is 6.40. The quantitative estimate of drug-likeness (QED) is 0.725. The molecule has 0 heterocycles. The monoisotopic (exact) mass is 264 g/mol. The molecule has 2 aromatic rings. The lowest BCUT2D eigenvalue weighted by molar-refractivity contribution is 0.959. The van der Waals surface area contributed by atoms with Gasteiger partial charge in [-0.1, -0.05) is 59.1 Å². The molecule has 0 aliphatic heterocycles. The van der Waals surface area contributed by atoms with Crippen molar-refractivity contribution in [2.45, 2.75) is 19.8 Å². The standard InChI is InChI=1S/C15H14Cl2/c1-11-2-4-12(5-3-11)6-7-13-8-9-14(16)15(17)10-13/h2-5,8-10H,6-7H2,1H3. The summed E-state index contributed by atoms with van der Waals surface area (Å²) in [6, 6.07) is 14.5. The Hall–Kier alpha value is -0.980. The molecule has 0 N–H and O–H groups in total. The van der Waals surface area contributed by atoms with Crippen LogP contribution in [0.1, 0.15) is 16.7 Å². The summed E-state index contributed by atoms with van der Waals surface area (Å²) in [4.78, 5) is 0. The predicted octanol–water partition coefficient (Wildman–Crippen LogP) is 5.09. The zero-order chi connectivity index (χ0) is 12.3. The highest BCUT2D eigenvalue weighted by atomic mass is 35.5. The second kappa shape index (κ2) is 5.57. The summed E-state index contributed by atoms with van der Waals surface area (Å²) in [7, 11) is 0. The second-order valence-electron chi connectivity index (χ2n) is 4.23. The third kappa shape index (κ3) is 3.49. The molecule has 0 spiro atoms. The second-order valence-corrected chi connectivity index (χ2v) is 5.05. The third-order valence-corrected chi connectivity index (χ3v) is 3.55. The van der Waals surface area contributed by atoms with E-state index in [9.17, 15) is 0 Å². The van der Waals surface area contributed by atoms with Crippen molar-refractivity contribution in [3.8, 4) is 0 Å². The molecule has 0 saturated carbocycles. The molecular formula is C15H14Cl2. The molecule has 0 aliphatic carbocycles. The summed E-state index contributed by atoms with van der Waals surface area (Å²) in [6.07, 6.45) is 2.01. The van der Waals surface area contributed by atoms with E-state index in [1.807, 2.05) is 18.2 Å². The normalized spacial score (nSPS) is 10.5. The highest BCUT2D eigenvalue weighted by Crippen LogP contribution is 2.23. The van der Waals surface area contributed by atoms with E-state index in [-0.39, 0.29) is 0 Å². The van der Waals surface area contributed by atoms with Gasteiger partial charge in [-0.05, 0) is 43.0 Å². The topological polar surface area (TPSA) is 0 Å². The van der Waals surface area contributed by atoms with Crippen molar-refractivity contribution in [1.82, 2.24) is 0 Å². The van der Waals surface area contributed by atoms with Crippen molar-refractivity contribution >= 4 is 23.2 Å². The van der Waals surface area contributed by atoms with Crippen LogP contribution >= 0.6 is 23.2 Å². The number of benzene rings is 2. The van der Waals surface area contributed by atoms with Gasteiger partial charge in [0.2, 0.25) is 0 Å². The smallest absolute Gasteiger partial charge is 0.0595 e. The maximum absolute atomic E-state index is 5.98. The molecule has 17 heavy (non-hydrogen) atoms. The largest absolute Gasteiger partial charge is 0.0827 e. The summed E-state index contributed by atoms with van der Waals surface area (Å²) in [5.41, 5.74) is 3.87. The van der Waals surface area contributed by atoms with Crippen LogP contribution in [0.25, 0.3) is 0 Å². The zero-order valence-electron chi connectivity index (χ0n) is 9.71. The van der Waals surface area contributed by atoms with Crippen LogP contribution in [0.2, 0.25) is 10.0 Å². The minimum atomic E-state index is 0.616. The summed E-state index contributed by atoms with van der Waals surface area (Å²) in [5.74, 6) is 0. The van der Waals surface area contributed by atoms with E-state index >= 15 is 0 Å². The van der Waals surface area contributed by atoms with E-state index < -0.39 is 0 Å². The Balaban J connectivity index is 2.02. The Bertz CT molecular complexity index is 501. The van der Waals surface area contributed by atoms with Gasteiger partial charge in [-0.2, -0.15) is 0 Å². The molecule has 2 aromatic carbocycles. The molecule has 0 amide bonds. The van der Waals surface area contributed by atoms with E-state index in [1.165, 1.54) is 16.7 Å². The molecule has 0 aliphatic rings. The van der Waals surface area contributed by atoms with Gasteiger partial charge in [-0.3, -0.25) is 0 Å². The lowest BCUT2D eigenvalue weighted by Crippen LogP contribution is -1.91. The van der Waals surface area contributed by atoms with Crippen LogP contribution in [0, 0.1) is 6.92 Å². The van der Waals surface area contributed by atoms with Crippen LogP contribution in [-0.4, -0.2) is 0 Å². The van der Waals surface area contributed by atoms with Crippen molar-refractivity contribution < 1.29 is 0 Å². The Labute approximate surface area is 112 Å². The predicted molar refractivity (Wildman–Crippen MR) is 75.0 cm³/mol. The van der Waals surface area contributed by atoms with Crippen LogP contribution in [0.4, 0.5) is 0 Å². The highest BCUT2D eigenvalue weighted by Gasteiger charge is 2.00. The van der Waals surface area contributed by atoms with Gasteiger partial charge in [-0.15, -0.1) is 0 Å². The molecule has 88 valence electrons. The molecule has 0 aromatic heterocycles. The van der Waals surface area contributed by atoms with Crippen molar-refractivity contribution in [2.75, 3.05) is 0 Å². The first-order valence-electron chi connectivity index (χ1n) is 5.64. The molecule has 2 rings (SSSR count). The van der Waals surface area contributed by atoms with E-state index in [0.29, 0.717) is 10.0 Å². The Morgan fingerprint density at radius 3 is 2.00 bits per heavy atom. The maximum atomic E-state index is 5.98. The van der Waals surface area contributed by atoms with Crippen molar-refractivity contribution in [1.29, 1.82) is 0 Å². The molecule has 0 atom stereocenters. The number of rotatable bonds is 3. The maximum Gasteiger partial charge on any atom is 0.0595 e. The lowest BCUT2D eigenvalue weighted by Gasteiger charge is -2.04. The molecule has 2 heteroatoms. The highest BCUT2D eigenvalue weighted by molar-refractivity contribution is 6.42. The van der Waals surface area contributed by atoms with E-state index in [0.717, 1.165) is 12.8 Å². The zero-order valence-corrected chi connectivity index (χ0v) is 11.2. The number of halogens is 2. The average molecular weight is 265 g/mol. The molecule has 0 unspecified atom stereocenters. The molecule has 0 fully saturated rings. The fourth-order valence-electron chi connectivity index (χ4n) is 1.74. The molecule has 0 saturated heterocycles. The average Bonchev–Trinajstić information content (AvgIpc) is 2.33. The van der Waals surface area contributed by atoms with Gasteiger partial charge < -0.3 is 0 Å². The van der Waals surface area contributed by atoms with Gasteiger partial charge in [0, 0.05) is 0 Å². The summed E-state index contributed by atoms with van der Waals surface area (Å²) >= 11 is 11.9. The van der Waals surface area contributed by atoms with Gasteiger partial charge in [-0.25, -0.2) is 0 Å². The van der Waals surface area contributed by atoms with Crippen molar-refractivity contribution in [2.24, 2.45) is 0 Å². The number of hydrogen-bond acceptors (Lipinski definition) is 0. The third-order valence-electron chi connectivity index (χ3n) is 2.81. The molecule has 0 nitrogen and oxygen atoms in total. The molecule has 0 radical (unpaired) electrons. The Morgan fingerprint density at radius 1 is 0.765 bits per heavy atom. The van der Waals surface area contributed by atoms with Crippen LogP contribution in [0.5, 0.6) is 0 Å². The van der Waals surface area contributed by atoms with E-state index in [2.05, 4.69) is 31.2 Å². The van der Waals surface area contributed by atoms with E-state index in [4.69, 9.17) is 23.2 Å². The summed E-state index contributed by atoms with van der Waals surface area (Å²) in [6.45, 7) is 2.10. The van der Waals surface area contributed by atoms with Crippen LogP contribution in [0.3, 0.4) is 0 Å². The molecular weight excluding hydrogens is 251 g/mol. The summed E-state index contributed by atoms with van der Waals surface area (Å²) in [5, 5.41) is 1.25. The van der Waals surface area contributed by atoms with Gasteiger partial charge >= 0.3 is 0 Å². The van der Waals surface area contributed by atoms with Gasteiger partial charge in [0.25, 0.3) is 0 Å². The van der Waals surface area contributed by atoms with Gasteiger partial charge in [0.1, 0.15) is 0 Å². The van der Waals surface area contributed by atoms with Crippen LogP contribution < -0.4 is 0 Å².